The van der Waals surface area contributed by atoms with Crippen LogP contribution < -0.4 is 0 Å². The van der Waals surface area contributed by atoms with Gasteiger partial charge in [0.15, 0.2) is 11.6 Å². The molecule has 0 aliphatic heterocycles. The smallest absolute Gasteiger partial charge is 0.297 e. The van der Waals surface area contributed by atoms with Crippen LogP contribution in [-0.4, -0.2) is 43.1 Å². The Morgan fingerprint density at radius 1 is 1.11 bits per heavy atom. The summed E-state index contributed by atoms with van der Waals surface area (Å²) in [5.41, 5.74) is -2.13. The highest BCUT2D eigenvalue weighted by Gasteiger charge is 2.68. The molecule has 3 saturated carbocycles. The lowest BCUT2D eigenvalue weighted by atomic mass is 9.46. The molecule has 36 heavy (non-hydrogen) atoms. The molecule has 0 radical (unpaired) electrons. The molecule has 0 heterocycles. The van der Waals surface area contributed by atoms with Gasteiger partial charge in [0, 0.05) is 28.6 Å². The van der Waals surface area contributed by atoms with E-state index in [2.05, 4.69) is 22.9 Å². The standard InChI is InChI=1S/C27H31BrO7S/c1-25-11-9-18(29)13-16(25)3-8-20-21-10-12-27(32,26(21,2)14-22(30)24(20)25)23(31)15-35-36(33,34)19-6-4-17(28)5-7-19/h4-7,13,20-21,24,32H,3,8-12,14-15H2,1-2H3/t20-,21-,24+,25-,26-,27-/m0/s1. The molecule has 4 aliphatic rings. The summed E-state index contributed by atoms with van der Waals surface area (Å²) in [5.74, 6) is -0.819. The van der Waals surface area contributed by atoms with Gasteiger partial charge in [0.25, 0.3) is 10.1 Å². The molecule has 0 spiro atoms. The highest BCUT2D eigenvalue weighted by atomic mass is 79.9. The molecule has 194 valence electrons. The lowest BCUT2D eigenvalue weighted by Crippen LogP contribution is -2.61. The van der Waals surface area contributed by atoms with E-state index in [1.807, 2.05) is 0 Å². The average Bonchev–Trinajstić information content (AvgIpc) is 3.09. The van der Waals surface area contributed by atoms with Crippen molar-refractivity contribution in [1.29, 1.82) is 0 Å². The summed E-state index contributed by atoms with van der Waals surface area (Å²) < 4.78 is 31.0. The lowest BCUT2D eigenvalue weighted by Gasteiger charge is -2.57. The molecule has 1 aromatic carbocycles. The number of carbonyl (C=O) groups excluding carboxylic acids is 3. The van der Waals surface area contributed by atoms with Crippen molar-refractivity contribution < 1.29 is 32.1 Å². The molecule has 5 rings (SSSR count). The topological polar surface area (TPSA) is 115 Å². The van der Waals surface area contributed by atoms with E-state index in [-0.39, 0.29) is 52.5 Å². The van der Waals surface area contributed by atoms with Crippen LogP contribution in [-0.2, 0) is 28.7 Å². The summed E-state index contributed by atoms with van der Waals surface area (Å²) in [4.78, 5) is 39.0. The monoisotopic (exact) mass is 578 g/mol. The Kier molecular flexibility index (Phi) is 6.26. The molecule has 7 nitrogen and oxygen atoms in total. The van der Waals surface area contributed by atoms with Gasteiger partial charge in [-0.05, 0) is 79.7 Å². The highest BCUT2D eigenvalue weighted by molar-refractivity contribution is 9.10. The number of carbonyl (C=O) groups is 3. The maximum absolute atomic E-state index is 13.7. The van der Waals surface area contributed by atoms with Crippen LogP contribution in [0.15, 0.2) is 45.3 Å². The van der Waals surface area contributed by atoms with Crippen LogP contribution in [0.3, 0.4) is 0 Å². The van der Waals surface area contributed by atoms with Gasteiger partial charge in [0.05, 0.1) is 4.90 Å². The van der Waals surface area contributed by atoms with Crippen molar-refractivity contribution in [3.63, 3.8) is 0 Å². The maximum atomic E-state index is 13.7. The van der Waals surface area contributed by atoms with E-state index in [0.29, 0.717) is 23.7 Å². The van der Waals surface area contributed by atoms with Gasteiger partial charge >= 0.3 is 0 Å². The van der Waals surface area contributed by atoms with E-state index in [1.165, 1.54) is 12.1 Å². The molecule has 0 amide bonds. The second kappa shape index (κ2) is 8.68. The predicted molar refractivity (Wildman–Crippen MR) is 134 cm³/mol. The van der Waals surface area contributed by atoms with Gasteiger partial charge < -0.3 is 5.11 Å². The number of ketones is 3. The first-order valence-corrected chi connectivity index (χ1v) is 14.7. The molecule has 0 bridgehead atoms. The van der Waals surface area contributed by atoms with Crippen molar-refractivity contribution >= 4 is 43.4 Å². The van der Waals surface area contributed by atoms with Crippen LogP contribution >= 0.6 is 15.9 Å². The lowest BCUT2D eigenvalue weighted by molar-refractivity contribution is -0.170. The Hall–Kier alpha value is -1.68. The van der Waals surface area contributed by atoms with Gasteiger partial charge in [-0.15, -0.1) is 0 Å². The third-order valence-corrected chi connectivity index (χ3v) is 11.5. The van der Waals surface area contributed by atoms with Gasteiger partial charge in [0.1, 0.15) is 18.0 Å². The van der Waals surface area contributed by atoms with Gasteiger partial charge in [-0.25, -0.2) is 0 Å². The second-order valence-electron chi connectivity index (χ2n) is 11.4. The first kappa shape index (κ1) is 25.9. The van der Waals surface area contributed by atoms with E-state index in [4.69, 9.17) is 4.18 Å². The van der Waals surface area contributed by atoms with Crippen LogP contribution in [0.1, 0.15) is 58.8 Å². The number of hydrogen-bond acceptors (Lipinski definition) is 7. The highest BCUT2D eigenvalue weighted by Crippen LogP contribution is 2.66. The molecule has 0 unspecified atom stereocenters. The van der Waals surface area contributed by atoms with Gasteiger partial charge in [0.2, 0.25) is 0 Å². The van der Waals surface area contributed by atoms with Crippen molar-refractivity contribution in [2.24, 2.45) is 28.6 Å². The molecular weight excluding hydrogens is 548 g/mol. The van der Waals surface area contributed by atoms with E-state index < -0.39 is 33.5 Å². The first-order valence-electron chi connectivity index (χ1n) is 12.5. The minimum absolute atomic E-state index is 0.0147. The fourth-order valence-electron chi connectivity index (χ4n) is 7.77. The molecule has 3 fully saturated rings. The largest absolute Gasteiger partial charge is 0.381 e. The van der Waals surface area contributed by atoms with Crippen LogP contribution in [0.5, 0.6) is 0 Å². The Morgan fingerprint density at radius 3 is 2.50 bits per heavy atom. The Labute approximate surface area is 219 Å². The van der Waals surface area contributed by atoms with Gasteiger partial charge in [-0.1, -0.05) is 35.4 Å². The SMILES string of the molecule is C[C@]12CCC(=O)C=C1CC[C@@H]1[C@@H]2C(=O)C[C@@]2(C)[C@H]1CC[C@]2(O)C(=O)COS(=O)(=O)c1ccc(Br)cc1. The van der Waals surface area contributed by atoms with Crippen LogP contribution in [0.25, 0.3) is 0 Å². The van der Waals surface area contributed by atoms with Crippen molar-refractivity contribution in [2.45, 2.75) is 69.3 Å². The molecular formula is C27H31BrO7S. The number of benzene rings is 1. The first-order chi connectivity index (χ1) is 16.8. The number of rotatable bonds is 5. The quantitative estimate of drug-likeness (QED) is 0.521. The number of allylic oxidation sites excluding steroid dienone is 1. The summed E-state index contributed by atoms with van der Waals surface area (Å²) in [7, 11) is -4.19. The van der Waals surface area contributed by atoms with Gasteiger partial charge in [-0.2, -0.15) is 8.42 Å². The number of aliphatic hydroxyl groups is 1. The molecule has 6 atom stereocenters. The van der Waals surface area contributed by atoms with Crippen LogP contribution in [0.4, 0.5) is 0 Å². The molecule has 1 aromatic rings. The maximum Gasteiger partial charge on any atom is 0.297 e. The Bertz CT molecular complexity index is 1270. The molecule has 4 aliphatic carbocycles. The number of hydrogen-bond donors (Lipinski definition) is 1. The normalized spacial score (nSPS) is 38.1. The summed E-state index contributed by atoms with van der Waals surface area (Å²) in [5, 5.41) is 11.7. The molecule has 0 saturated heterocycles. The third kappa shape index (κ3) is 3.80. The average molecular weight is 580 g/mol. The van der Waals surface area contributed by atoms with Crippen molar-refractivity contribution in [3.05, 3.63) is 40.4 Å². The van der Waals surface area contributed by atoms with E-state index in [0.717, 1.165) is 18.4 Å². The minimum Gasteiger partial charge on any atom is -0.381 e. The fourth-order valence-corrected chi connectivity index (χ4v) is 8.90. The zero-order valence-electron chi connectivity index (χ0n) is 20.5. The Balaban J connectivity index is 1.38. The van der Waals surface area contributed by atoms with E-state index >= 15 is 0 Å². The van der Waals surface area contributed by atoms with E-state index in [9.17, 15) is 27.9 Å². The van der Waals surface area contributed by atoms with Crippen molar-refractivity contribution in [2.75, 3.05) is 6.61 Å². The number of halogens is 1. The predicted octanol–water partition coefficient (Wildman–Crippen LogP) is 4.17. The fraction of sp³-hybridized carbons (Fsp3) is 0.593. The summed E-state index contributed by atoms with van der Waals surface area (Å²) in [6.45, 7) is 3.11. The van der Waals surface area contributed by atoms with Crippen LogP contribution in [0.2, 0.25) is 0 Å². The number of Topliss-reactive ketones (excluding diaryl/α,β-unsaturated/α-hetero) is 2. The zero-order valence-corrected chi connectivity index (χ0v) is 22.9. The third-order valence-electron chi connectivity index (χ3n) is 9.72. The zero-order chi connectivity index (χ0) is 26.1. The molecule has 0 aromatic heterocycles. The molecule has 1 N–H and O–H groups in total. The van der Waals surface area contributed by atoms with Crippen molar-refractivity contribution in [1.82, 2.24) is 0 Å². The number of fused-ring (bicyclic) bond motifs is 5. The van der Waals surface area contributed by atoms with Gasteiger partial charge in [-0.3, -0.25) is 18.6 Å². The summed E-state index contributed by atoms with van der Waals surface area (Å²) in [6.07, 6.45) is 5.11. The van der Waals surface area contributed by atoms with E-state index in [1.54, 1.807) is 25.1 Å². The van der Waals surface area contributed by atoms with Crippen LogP contribution in [0, 0.1) is 28.6 Å². The Morgan fingerprint density at radius 2 is 1.81 bits per heavy atom. The van der Waals surface area contributed by atoms with Crippen molar-refractivity contribution in [3.8, 4) is 0 Å². The second-order valence-corrected chi connectivity index (χ2v) is 13.9. The molecule has 9 heteroatoms. The minimum atomic E-state index is -4.19. The summed E-state index contributed by atoms with van der Waals surface area (Å²) in [6, 6.07) is 5.87. The summed E-state index contributed by atoms with van der Waals surface area (Å²) >= 11 is 3.25.